The Bertz CT molecular complexity index is 267. The number of methoxy groups -OCH3 is 1. The predicted octanol–water partition coefficient (Wildman–Crippen LogP) is 1.11. The molecule has 78 valence electrons. The Labute approximate surface area is 83.7 Å². The number of ether oxygens (including phenoxy) is 2. The molecule has 0 aromatic heterocycles. The fourth-order valence-electron chi connectivity index (χ4n) is 0.668. The standard InChI is InChI=1S/C10H15NO3/c1-4-5-9(6-8(2)13-3)14-7-10(11)12/h4-6H,1,7H2,2-3H3,(H2,11,12)/b8-6+,9-5+. The van der Waals surface area contributed by atoms with E-state index < -0.39 is 5.91 Å². The Kier molecular flexibility index (Phi) is 5.94. The molecule has 0 unspecified atom stereocenters. The fourth-order valence-corrected chi connectivity index (χ4v) is 0.668. The van der Waals surface area contributed by atoms with Crippen molar-refractivity contribution in [3.63, 3.8) is 0 Å². The van der Waals surface area contributed by atoms with Gasteiger partial charge >= 0.3 is 0 Å². The summed E-state index contributed by atoms with van der Waals surface area (Å²) in [7, 11) is 1.55. The van der Waals surface area contributed by atoms with E-state index in [1.54, 1.807) is 32.3 Å². The monoisotopic (exact) mass is 197 g/mol. The van der Waals surface area contributed by atoms with Crippen molar-refractivity contribution in [1.29, 1.82) is 0 Å². The zero-order valence-corrected chi connectivity index (χ0v) is 8.45. The summed E-state index contributed by atoms with van der Waals surface area (Å²) >= 11 is 0. The zero-order valence-electron chi connectivity index (χ0n) is 8.45. The van der Waals surface area contributed by atoms with E-state index in [0.29, 0.717) is 11.5 Å². The number of allylic oxidation sites excluding steroid dienone is 4. The molecule has 0 saturated carbocycles. The van der Waals surface area contributed by atoms with Gasteiger partial charge in [0.15, 0.2) is 6.61 Å². The van der Waals surface area contributed by atoms with Crippen LogP contribution in [0.15, 0.2) is 36.3 Å². The van der Waals surface area contributed by atoms with Gasteiger partial charge in [-0.05, 0) is 13.0 Å². The van der Waals surface area contributed by atoms with Gasteiger partial charge in [0.05, 0.1) is 12.9 Å². The molecule has 0 fully saturated rings. The van der Waals surface area contributed by atoms with Crippen molar-refractivity contribution < 1.29 is 14.3 Å². The predicted molar refractivity (Wildman–Crippen MR) is 54.2 cm³/mol. The Balaban J connectivity index is 4.38. The van der Waals surface area contributed by atoms with E-state index in [1.807, 2.05) is 0 Å². The number of hydrogen-bond donors (Lipinski definition) is 1. The van der Waals surface area contributed by atoms with Crippen LogP contribution in [0.1, 0.15) is 6.92 Å². The minimum atomic E-state index is -0.525. The van der Waals surface area contributed by atoms with Gasteiger partial charge in [-0.25, -0.2) is 0 Å². The Morgan fingerprint density at radius 2 is 2.21 bits per heavy atom. The summed E-state index contributed by atoms with van der Waals surface area (Å²) in [6.07, 6.45) is 4.81. The molecule has 14 heavy (non-hydrogen) atoms. The molecule has 0 heterocycles. The van der Waals surface area contributed by atoms with Crippen molar-refractivity contribution in [3.05, 3.63) is 36.3 Å². The quantitative estimate of drug-likeness (QED) is 0.512. The van der Waals surface area contributed by atoms with E-state index >= 15 is 0 Å². The first-order chi connectivity index (χ1) is 6.60. The van der Waals surface area contributed by atoms with Gasteiger partial charge in [-0.3, -0.25) is 4.79 Å². The summed E-state index contributed by atoms with van der Waals surface area (Å²) in [5, 5.41) is 0. The summed E-state index contributed by atoms with van der Waals surface area (Å²) in [4.78, 5) is 10.5. The number of nitrogens with two attached hydrogens (primary N) is 1. The number of carbonyl (C=O) groups is 1. The van der Waals surface area contributed by atoms with E-state index in [2.05, 4.69) is 6.58 Å². The number of carbonyl (C=O) groups excluding carboxylic acids is 1. The molecule has 2 N–H and O–H groups in total. The fraction of sp³-hybridized carbons (Fsp3) is 0.300. The molecule has 0 aliphatic carbocycles. The van der Waals surface area contributed by atoms with Gasteiger partial charge in [0.1, 0.15) is 5.76 Å². The highest BCUT2D eigenvalue weighted by Gasteiger charge is 1.98. The Morgan fingerprint density at radius 1 is 1.57 bits per heavy atom. The topological polar surface area (TPSA) is 61.6 Å². The highest BCUT2D eigenvalue weighted by atomic mass is 16.5. The maximum absolute atomic E-state index is 10.5. The van der Waals surface area contributed by atoms with Crippen LogP contribution in [0.2, 0.25) is 0 Å². The van der Waals surface area contributed by atoms with Crippen LogP contribution < -0.4 is 5.73 Å². The largest absolute Gasteiger partial charge is 0.501 e. The molecule has 0 radical (unpaired) electrons. The molecule has 0 aliphatic rings. The van der Waals surface area contributed by atoms with Crippen molar-refractivity contribution >= 4 is 5.91 Å². The van der Waals surface area contributed by atoms with Gasteiger partial charge in [0.2, 0.25) is 0 Å². The molecule has 1 amide bonds. The van der Waals surface area contributed by atoms with Gasteiger partial charge < -0.3 is 15.2 Å². The molecule has 0 spiro atoms. The van der Waals surface area contributed by atoms with Crippen molar-refractivity contribution in [2.24, 2.45) is 5.73 Å². The summed E-state index contributed by atoms with van der Waals surface area (Å²) in [5.74, 6) is 0.629. The molecule has 0 aliphatic heterocycles. The molecule has 4 nitrogen and oxygen atoms in total. The molecule has 0 aromatic carbocycles. The van der Waals surface area contributed by atoms with E-state index in [0.717, 1.165) is 0 Å². The van der Waals surface area contributed by atoms with Gasteiger partial charge in [-0.15, -0.1) is 0 Å². The SMILES string of the molecule is C=C/C=C(\C=C(/C)OC)OCC(N)=O. The van der Waals surface area contributed by atoms with Crippen molar-refractivity contribution in [1.82, 2.24) is 0 Å². The summed E-state index contributed by atoms with van der Waals surface area (Å²) in [5.41, 5.74) is 4.93. The molecule has 0 aromatic rings. The highest BCUT2D eigenvalue weighted by Crippen LogP contribution is 2.04. The van der Waals surface area contributed by atoms with Crippen LogP contribution in [-0.4, -0.2) is 19.6 Å². The summed E-state index contributed by atoms with van der Waals surface area (Å²) in [6.45, 7) is 5.13. The molecule has 0 atom stereocenters. The Hall–Kier alpha value is -1.71. The highest BCUT2D eigenvalue weighted by molar-refractivity contribution is 5.75. The van der Waals surface area contributed by atoms with Gasteiger partial charge in [0.25, 0.3) is 5.91 Å². The van der Waals surface area contributed by atoms with E-state index in [4.69, 9.17) is 15.2 Å². The number of rotatable bonds is 6. The average molecular weight is 197 g/mol. The van der Waals surface area contributed by atoms with Crippen LogP contribution in [0.25, 0.3) is 0 Å². The van der Waals surface area contributed by atoms with Crippen LogP contribution in [0.5, 0.6) is 0 Å². The Morgan fingerprint density at radius 3 is 2.64 bits per heavy atom. The number of primary amides is 1. The first-order valence-corrected chi connectivity index (χ1v) is 4.06. The number of hydrogen-bond acceptors (Lipinski definition) is 3. The summed E-state index contributed by atoms with van der Waals surface area (Å²) in [6, 6.07) is 0. The molecule has 0 rings (SSSR count). The minimum absolute atomic E-state index is 0.160. The van der Waals surface area contributed by atoms with E-state index in [1.165, 1.54) is 0 Å². The zero-order chi connectivity index (χ0) is 11.0. The van der Waals surface area contributed by atoms with Crippen LogP contribution >= 0.6 is 0 Å². The lowest BCUT2D eigenvalue weighted by Gasteiger charge is -2.05. The van der Waals surface area contributed by atoms with E-state index in [9.17, 15) is 4.79 Å². The number of amides is 1. The lowest BCUT2D eigenvalue weighted by Crippen LogP contribution is -2.17. The van der Waals surface area contributed by atoms with Crippen LogP contribution in [-0.2, 0) is 14.3 Å². The third kappa shape index (κ3) is 5.88. The third-order valence-corrected chi connectivity index (χ3v) is 1.33. The second-order valence-corrected chi connectivity index (χ2v) is 2.52. The molecule has 0 saturated heterocycles. The molecule has 4 heteroatoms. The summed E-state index contributed by atoms with van der Waals surface area (Å²) < 4.78 is 10.00. The first kappa shape index (κ1) is 12.3. The van der Waals surface area contributed by atoms with Crippen LogP contribution in [0, 0.1) is 0 Å². The molecule has 0 bridgehead atoms. The van der Waals surface area contributed by atoms with Crippen molar-refractivity contribution in [2.45, 2.75) is 6.92 Å². The second-order valence-electron chi connectivity index (χ2n) is 2.52. The van der Waals surface area contributed by atoms with Gasteiger partial charge in [0, 0.05) is 6.08 Å². The first-order valence-electron chi connectivity index (χ1n) is 4.06. The maximum Gasteiger partial charge on any atom is 0.255 e. The minimum Gasteiger partial charge on any atom is -0.501 e. The molecular weight excluding hydrogens is 182 g/mol. The third-order valence-electron chi connectivity index (χ3n) is 1.33. The molecular formula is C10H15NO3. The van der Waals surface area contributed by atoms with Crippen molar-refractivity contribution in [2.75, 3.05) is 13.7 Å². The van der Waals surface area contributed by atoms with Crippen molar-refractivity contribution in [3.8, 4) is 0 Å². The van der Waals surface area contributed by atoms with Gasteiger partial charge in [-0.2, -0.15) is 0 Å². The lowest BCUT2D eigenvalue weighted by atomic mass is 10.3. The van der Waals surface area contributed by atoms with Crippen LogP contribution in [0.4, 0.5) is 0 Å². The van der Waals surface area contributed by atoms with E-state index in [-0.39, 0.29) is 6.61 Å². The normalized spacial score (nSPS) is 12.1. The lowest BCUT2D eigenvalue weighted by molar-refractivity contribution is -0.121. The smallest absolute Gasteiger partial charge is 0.255 e. The van der Waals surface area contributed by atoms with Crippen LogP contribution in [0.3, 0.4) is 0 Å². The van der Waals surface area contributed by atoms with Gasteiger partial charge in [-0.1, -0.05) is 12.7 Å². The average Bonchev–Trinajstić information content (AvgIpc) is 2.14. The maximum atomic E-state index is 10.5. The second kappa shape index (κ2) is 6.77.